The highest BCUT2D eigenvalue weighted by atomic mass is 16.5. The molecule has 0 radical (unpaired) electrons. The normalized spacial score (nSPS) is 12.6. The predicted octanol–water partition coefficient (Wildman–Crippen LogP) is 4.13. The Bertz CT molecular complexity index is 453. The number of anilines is 1. The first-order chi connectivity index (χ1) is 9.02. The fraction of sp³-hybridized carbons (Fsp3) is 0.588. The molecule has 1 amide bonds. The minimum absolute atomic E-state index is 0.0130. The van der Waals surface area contributed by atoms with E-state index in [1.165, 1.54) is 5.56 Å². The summed E-state index contributed by atoms with van der Waals surface area (Å²) in [6, 6.07) is 7.96. The number of carbonyl (C=O) groups is 1. The summed E-state index contributed by atoms with van der Waals surface area (Å²) in [5, 5.41) is 2.90. The molecular formula is C17H27NO2. The first kappa shape index (κ1) is 16.7. The fourth-order valence-electron chi connectivity index (χ4n) is 1.98. The predicted molar refractivity (Wildman–Crippen MR) is 84.1 cm³/mol. The summed E-state index contributed by atoms with van der Waals surface area (Å²) in [4.78, 5) is 12.2. The van der Waals surface area contributed by atoms with Crippen molar-refractivity contribution in [3.05, 3.63) is 29.8 Å². The smallest absolute Gasteiger partial charge is 0.256 e. The van der Waals surface area contributed by atoms with Crippen LogP contribution in [-0.4, -0.2) is 17.6 Å². The highest BCUT2D eigenvalue weighted by molar-refractivity contribution is 5.96. The third-order valence-electron chi connectivity index (χ3n) is 3.09. The van der Waals surface area contributed by atoms with Gasteiger partial charge in [0.25, 0.3) is 5.91 Å². The van der Waals surface area contributed by atoms with Crippen molar-refractivity contribution in [2.45, 2.75) is 65.6 Å². The monoisotopic (exact) mass is 277 g/mol. The van der Waals surface area contributed by atoms with Crippen LogP contribution in [0.25, 0.3) is 0 Å². The second kappa shape index (κ2) is 5.96. The van der Waals surface area contributed by atoms with E-state index < -0.39 is 5.60 Å². The Morgan fingerprint density at radius 1 is 1.05 bits per heavy atom. The van der Waals surface area contributed by atoms with Gasteiger partial charge in [0.2, 0.25) is 0 Å². The minimum atomic E-state index is -0.836. The van der Waals surface area contributed by atoms with Crippen LogP contribution in [0.3, 0.4) is 0 Å². The third kappa shape index (κ3) is 4.64. The number of hydrogen-bond acceptors (Lipinski definition) is 2. The average molecular weight is 277 g/mol. The summed E-state index contributed by atoms with van der Waals surface area (Å²) in [5.41, 5.74) is 1.32. The average Bonchev–Trinajstić information content (AvgIpc) is 2.26. The molecule has 0 heterocycles. The van der Waals surface area contributed by atoms with Crippen LogP contribution in [0, 0.1) is 0 Å². The number of hydrogen-bond donors (Lipinski definition) is 1. The molecule has 1 N–H and O–H groups in total. The quantitative estimate of drug-likeness (QED) is 0.898. The molecule has 0 bridgehead atoms. The summed E-state index contributed by atoms with van der Waals surface area (Å²) in [7, 11) is 0. The lowest BCUT2D eigenvalue weighted by atomic mass is 9.87. The Balaban J connectivity index is 2.76. The van der Waals surface area contributed by atoms with Crippen LogP contribution in [0.4, 0.5) is 5.69 Å². The Morgan fingerprint density at radius 2 is 1.55 bits per heavy atom. The van der Waals surface area contributed by atoms with Crippen LogP contribution in [-0.2, 0) is 14.9 Å². The molecule has 20 heavy (non-hydrogen) atoms. The van der Waals surface area contributed by atoms with Crippen molar-refractivity contribution in [1.29, 1.82) is 0 Å². The second-order valence-corrected chi connectivity index (χ2v) is 6.96. The Hall–Kier alpha value is -1.35. The molecule has 0 aliphatic heterocycles. The van der Waals surface area contributed by atoms with Crippen LogP contribution in [0.15, 0.2) is 24.3 Å². The van der Waals surface area contributed by atoms with Gasteiger partial charge < -0.3 is 10.1 Å². The van der Waals surface area contributed by atoms with E-state index in [1.54, 1.807) is 13.8 Å². The zero-order chi connectivity index (χ0) is 15.6. The van der Waals surface area contributed by atoms with Crippen molar-refractivity contribution >= 4 is 11.6 Å². The molecule has 1 aromatic rings. The SMILES string of the molecule is CC(C)OC(C)(C)C(=O)Nc1ccc(C(C)(C)C)cc1. The van der Waals surface area contributed by atoms with Gasteiger partial charge in [-0.15, -0.1) is 0 Å². The lowest BCUT2D eigenvalue weighted by molar-refractivity contribution is -0.141. The standard InChI is InChI=1S/C17H27NO2/c1-12(2)20-17(6,7)15(19)18-14-10-8-13(9-11-14)16(3,4)5/h8-12H,1-7H3,(H,18,19). The Morgan fingerprint density at radius 3 is 1.95 bits per heavy atom. The number of ether oxygens (including phenoxy) is 1. The van der Waals surface area contributed by atoms with Crippen LogP contribution in [0.1, 0.15) is 54.0 Å². The van der Waals surface area contributed by atoms with E-state index in [0.29, 0.717) is 0 Å². The van der Waals surface area contributed by atoms with Crippen LogP contribution in [0.2, 0.25) is 0 Å². The number of amides is 1. The van der Waals surface area contributed by atoms with Gasteiger partial charge in [-0.2, -0.15) is 0 Å². The third-order valence-corrected chi connectivity index (χ3v) is 3.09. The highest BCUT2D eigenvalue weighted by Gasteiger charge is 2.29. The van der Waals surface area contributed by atoms with Crippen molar-refractivity contribution < 1.29 is 9.53 Å². The largest absolute Gasteiger partial charge is 0.363 e. The van der Waals surface area contributed by atoms with E-state index in [4.69, 9.17) is 4.74 Å². The maximum Gasteiger partial charge on any atom is 0.256 e. The molecule has 0 unspecified atom stereocenters. The fourth-order valence-corrected chi connectivity index (χ4v) is 1.98. The topological polar surface area (TPSA) is 38.3 Å². The zero-order valence-corrected chi connectivity index (χ0v) is 13.7. The molecule has 0 aliphatic rings. The first-order valence-corrected chi connectivity index (χ1v) is 7.12. The molecule has 0 spiro atoms. The van der Waals surface area contributed by atoms with Gasteiger partial charge in [0.05, 0.1) is 6.10 Å². The van der Waals surface area contributed by atoms with Gasteiger partial charge in [-0.1, -0.05) is 32.9 Å². The van der Waals surface area contributed by atoms with Gasteiger partial charge in [0.1, 0.15) is 5.60 Å². The van der Waals surface area contributed by atoms with Crippen molar-refractivity contribution in [2.24, 2.45) is 0 Å². The van der Waals surface area contributed by atoms with Gasteiger partial charge in [0.15, 0.2) is 0 Å². The van der Waals surface area contributed by atoms with Crippen molar-refractivity contribution in [1.82, 2.24) is 0 Å². The zero-order valence-electron chi connectivity index (χ0n) is 13.7. The van der Waals surface area contributed by atoms with E-state index in [1.807, 2.05) is 38.1 Å². The lowest BCUT2D eigenvalue weighted by Gasteiger charge is -2.26. The van der Waals surface area contributed by atoms with Crippen molar-refractivity contribution in [2.75, 3.05) is 5.32 Å². The molecule has 112 valence electrons. The van der Waals surface area contributed by atoms with E-state index in [2.05, 4.69) is 26.1 Å². The van der Waals surface area contributed by atoms with Crippen LogP contribution >= 0.6 is 0 Å². The number of nitrogens with one attached hydrogen (secondary N) is 1. The van der Waals surface area contributed by atoms with Crippen molar-refractivity contribution in [3.8, 4) is 0 Å². The molecule has 3 heteroatoms. The number of rotatable bonds is 4. The minimum Gasteiger partial charge on any atom is -0.363 e. The van der Waals surface area contributed by atoms with E-state index in [9.17, 15) is 4.79 Å². The summed E-state index contributed by atoms with van der Waals surface area (Å²) in [5.74, 6) is -0.130. The van der Waals surface area contributed by atoms with Crippen LogP contribution < -0.4 is 5.32 Å². The molecule has 0 saturated carbocycles. The van der Waals surface area contributed by atoms with Gasteiger partial charge >= 0.3 is 0 Å². The van der Waals surface area contributed by atoms with Crippen LogP contribution in [0.5, 0.6) is 0 Å². The molecular weight excluding hydrogens is 250 g/mol. The van der Waals surface area contributed by atoms with E-state index in [-0.39, 0.29) is 17.4 Å². The molecule has 1 aromatic carbocycles. The maximum absolute atomic E-state index is 12.2. The molecule has 1 rings (SSSR count). The second-order valence-electron chi connectivity index (χ2n) is 6.96. The Labute approximate surface area is 122 Å². The maximum atomic E-state index is 12.2. The summed E-state index contributed by atoms with van der Waals surface area (Å²) in [6.45, 7) is 13.9. The van der Waals surface area contributed by atoms with Gasteiger partial charge in [-0.3, -0.25) is 4.79 Å². The first-order valence-electron chi connectivity index (χ1n) is 7.12. The van der Waals surface area contributed by atoms with Crippen molar-refractivity contribution in [3.63, 3.8) is 0 Å². The molecule has 0 fully saturated rings. The highest BCUT2D eigenvalue weighted by Crippen LogP contribution is 2.24. The number of benzene rings is 1. The molecule has 3 nitrogen and oxygen atoms in total. The van der Waals surface area contributed by atoms with Gasteiger partial charge in [-0.05, 0) is 50.8 Å². The van der Waals surface area contributed by atoms with E-state index in [0.717, 1.165) is 5.69 Å². The Kier molecular flexibility index (Phi) is 4.98. The molecule has 0 aromatic heterocycles. The molecule has 0 atom stereocenters. The lowest BCUT2D eigenvalue weighted by Crippen LogP contribution is -2.41. The number of carbonyl (C=O) groups excluding carboxylic acids is 1. The van der Waals surface area contributed by atoms with Gasteiger partial charge in [0, 0.05) is 5.69 Å². The summed E-state index contributed by atoms with van der Waals surface area (Å²) in [6.07, 6.45) is 0.0130. The molecule has 0 aliphatic carbocycles. The summed E-state index contributed by atoms with van der Waals surface area (Å²) >= 11 is 0. The molecule has 0 saturated heterocycles. The van der Waals surface area contributed by atoms with E-state index >= 15 is 0 Å². The summed E-state index contributed by atoms with van der Waals surface area (Å²) < 4.78 is 5.64. The van der Waals surface area contributed by atoms with Gasteiger partial charge in [-0.25, -0.2) is 0 Å².